The molecule has 4 heteroatoms. The van der Waals surface area contributed by atoms with Gasteiger partial charge in [0.15, 0.2) is 0 Å². The van der Waals surface area contributed by atoms with Gasteiger partial charge in [-0.15, -0.1) is 0 Å². The van der Waals surface area contributed by atoms with E-state index in [1.807, 2.05) is 13.8 Å². The Morgan fingerprint density at radius 3 is 1.67 bits per heavy atom. The smallest absolute Gasteiger partial charge is 0.0351 e. The molecular weight excluding hydrogens is 156 g/mol. The van der Waals surface area contributed by atoms with E-state index in [1.54, 1.807) is 14.2 Å². The van der Waals surface area contributed by atoms with Gasteiger partial charge in [-0.25, -0.2) is 0 Å². The van der Waals surface area contributed by atoms with Crippen molar-refractivity contribution >= 4 is 0 Å². The fourth-order valence-electron chi connectivity index (χ4n) is 0.279. The molecule has 0 rings (SSSR count). The molecule has 0 aromatic heterocycles. The van der Waals surface area contributed by atoms with Crippen LogP contribution < -0.4 is 11.3 Å². The number of nitrogens with two attached hydrogens (primary N) is 1. The van der Waals surface area contributed by atoms with Crippen LogP contribution in [0.15, 0.2) is 0 Å². The third-order valence-electron chi connectivity index (χ3n) is 0.675. The molecule has 0 unspecified atom stereocenters. The van der Waals surface area contributed by atoms with Gasteiger partial charge in [0.2, 0.25) is 0 Å². The Balaban J connectivity index is -0.0000000462. The summed E-state index contributed by atoms with van der Waals surface area (Å²) < 4.78 is 4.25. The number of nitrogens with one attached hydrogen (secondary N) is 1. The van der Waals surface area contributed by atoms with E-state index in [4.69, 9.17) is 5.84 Å². The maximum Gasteiger partial charge on any atom is 0.0351 e. The molecule has 0 atom stereocenters. The van der Waals surface area contributed by atoms with E-state index in [2.05, 4.69) is 17.1 Å². The molecule has 0 saturated carbocycles. The van der Waals surface area contributed by atoms with Gasteiger partial charge in [-0.3, -0.25) is 11.3 Å². The molecule has 0 aromatic rings. The lowest BCUT2D eigenvalue weighted by Crippen LogP contribution is -2.22. The van der Waals surface area contributed by atoms with Gasteiger partial charge in [-0.2, -0.15) is 0 Å². The second-order valence-corrected chi connectivity index (χ2v) is 1.72. The van der Waals surface area contributed by atoms with Crippen molar-refractivity contribution in [2.75, 3.05) is 20.8 Å². The van der Waals surface area contributed by atoms with Crippen LogP contribution in [0.4, 0.5) is 0 Å². The normalized spacial score (nSPS) is 6.50. The lowest BCUT2D eigenvalue weighted by atomic mass is 10.3. The van der Waals surface area contributed by atoms with E-state index < -0.39 is 0 Å². The van der Waals surface area contributed by atoms with Crippen LogP contribution in [0.25, 0.3) is 0 Å². The zero-order chi connectivity index (χ0) is 9.54. The fraction of sp³-hybridized carbons (Fsp3) is 1.00. The summed E-state index contributed by atoms with van der Waals surface area (Å²) in [5.41, 5.74) is 2.57. The second kappa shape index (κ2) is 44.8. The minimum Gasteiger partial charge on any atom is -0.412 e. The molecule has 0 radical (unpaired) electrons. The van der Waals surface area contributed by atoms with E-state index >= 15 is 0 Å². The molecule has 5 N–H and O–H groups in total. The molecule has 0 amide bonds. The maximum absolute atomic E-state index is 4.96. The van der Waals surface area contributed by atoms with Crippen molar-refractivity contribution in [3.63, 3.8) is 0 Å². The summed E-state index contributed by atoms with van der Waals surface area (Å²) in [6.45, 7) is 7.08. The average Bonchev–Trinajstić information content (AvgIpc) is 2.06. The zero-order valence-corrected chi connectivity index (χ0v) is 9.11. The Bertz CT molecular complexity index is 34.2. The van der Waals surface area contributed by atoms with E-state index in [0.717, 1.165) is 6.54 Å². The van der Waals surface area contributed by atoms with Gasteiger partial charge in [0.05, 0.1) is 0 Å². The SMILES string of the molecule is CC.CCCCNN.COC.O. The predicted octanol–water partition coefficient (Wildman–Crippen LogP) is 0.714. The Morgan fingerprint density at radius 1 is 1.25 bits per heavy atom. The first-order valence-corrected chi connectivity index (χ1v) is 4.17. The highest BCUT2D eigenvalue weighted by atomic mass is 16.4. The van der Waals surface area contributed by atoms with Gasteiger partial charge < -0.3 is 10.2 Å². The number of rotatable bonds is 3. The zero-order valence-electron chi connectivity index (χ0n) is 9.11. The molecule has 0 bridgehead atoms. The summed E-state index contributed by atoms with van der Waals surface area (Å²) in [5, 5.41) is 0. The van der Waals surface area contributed by atoms with Gasteiger partial charge in [0, 0.05) is 20.8 Å². The number of methoxy groups -OCH3 is 1. The topological polar surface area (TPSA) is 78.8 Å². The van der Waals surface area contributed by atoms with E-state index in [0.29, 0.717) is 0 Å². The minimum atomic E-state index is 0. The Labute approximate surface area is 76.8 Å². The summed E-state index contributed by atoms with van der Waals surface area (Å²) in [5.74, 6) is 4.96. The Morgan fingerprint density at radius 2 is 1.58 bits per heavy atom. The number of hydrogen-bond donors (Lipinski definition) is 2. The third kappa shape index (κ3) is 95.3. The highest BCUT2D eigenvalue weighted by molar-refractivity contribution is 4.33. The van der Waals surface area contributed by atoms with Crippen LogP contribution in [0.1, 0.15) is 33.6 Å². The first kappa shape index (κ1) is 22.6. The van der Waals surface area contributed by atoms with E-state index in [-0.39, 0.29) is 5.48 Å². The minimum absolute atomic E-state index is 0. The molecule has 0 fully saturated rings. The standard InChI is InChI=1S/C4H12N2.C2H6O.C2H6.H2O/c1-2-3-4-6-5;1-3-2;1-2;/h6H,2-5H2,1H3;1-2H3;1-2H3;1H2. The summed E-state index contributed by atoms with van der Waals surface area (Å²) in [7, 11) is 3.25. The molecule has 0 spiro atoms. The number of hydrazine groups is 1. The van der Waals surface area contributed by atoms with Crippen molar-refractivity contribution in [1.82, 2.24) is 5.43 Å². The fourth-order valence-corrected chi connectivity index (χ4v) is 0.279. The van der Waals surface area contributed by atoms with Crippen molar-refractivity contribution in [2.24, 2.45) is 5.84 Å². The Kier molecular flexibility index (Phi) is 84.5. The first-order valence-electron chi connectivity index (χ1n) is 4.17. The summed E-state index contributed by atoms with van der Waals surface area (Å²) >= 11 is 0. The largest absolute Gasteiger partial charge is 0.412 e. The van der Waals surface area contributed by atoms with Gasteiger partial charge in [-0.1, -0.05) is 27.2 Å². The van der Waals surface area contributed by atoms with Crippen LogP contribution in [0.3, 0.4) is 0 Å². The van der Waals surface area contributed by atoms with Crippen LogP contribution in [0.5, 0.6) is 0 Å². The summed E-state index contributed by atoms with van der Waals surface area (Å²) in [6, 6.07) is 0. The van der Waals surface area contributed by atoms with Crippen LogP contribution in [0.2, 0.25) is 0 Å². The third-order valence-corrected chi connectivity index (χ3v) is 0.675. The molecule has 0 aliphatic carbocycles. The molecule has 0 aliphatic rings. The molecule has 0 heterocycles. The predicted molar refractivity (Wildman–Crippen MR) is 55.0 cm³/mol. The van der Waals surface area contributed by atoms with E-state index in [1.165, 1.54) is 12.8 Å². The van der Waals surface area contributed by atoms with Crippen molar-refractivity contribution in [2.45, 2.75) is 33.6 Å². The van der Waals surface area contributed by atoms with E-state index in [9.17, 15) is 0 Å². The molecule has 0 aromatic carbocycles. The van der Waals surface area contributed by atoms with Crippen LogP contribution in [0, 0.1) is 0 Å². The van der Waals surface area contributed by atoms with Gasteiger partial charge in [0.25, 0.3) is 0 Å². The number of ether oxygens (including phenoxy) is 1. The van der Waals surface area contributed by atoms with Gasteiger partial charge >= 0.3 is 0 Å². The average molecular weight is 182 g/mol. The van der Waals surface area contributed by atoms with Gasteiger partial charge in [-0.05, 0) is 6.42 Å². The van der Waals surface area contributed by atoms with Crippen LogP contribution >= 0.6 is 0 Å². The highest BCUT2D eigenvalue weighted by Gasteiger charge is 1.73. The molecule has 0 aliphatic heterocycles. The van der Waals surface area contributed by atoms with Crippen molar-refractivity contribution < 1.29 is 10.2 Å². The molecule has 80 valence electrons. The Hall–Kier alpha value is -0.160. The number of hydrogen-bond acceptors (Lipinski definition) is 3. The monoisotopic (exact) mass is 182 g/mol. The molecule has 0 saturated heterocycles. The van der Waals surface area contributed by atoms with Gasteiger partial charge in [0.1, 0.15) is 0 Å². The summed E-state index contributed by atoms with van der Waals surface area (Å²) in [4.78, 5) is 0. The molecule has 12 heavy (non-hydrogen) atoms. The molecular formula is C8H26N2O2. The van der Waals surface area contributed by atoms with Crippen LogP contribution in [-0.4, -0.2) is 26.2 Å². The van der Waals surface area contributed by atoms with Crippen molar-refractivity contribution in [3.05, 3.63) is 0 Å². The second-order valence-electron chi connectivity index (χ2n) is 1.72. The lowest BCUT2D eigenvalue weighted by Gasteiger charge is -1.89. The maximum atomic E-state index is 4.96. The summed E-state index contributed by atoms with van der Waals surface area (Å²) in [6.07, 6.45) is 2.39. The van der Waals surface area contributed by atoms with Crippen molar-refractivity contribution in [1.29, 1.82) is 0 Å². The highest BCUT2D eigenvalue weighted by Crippen LogP contribution is 1.78. The quantitative estimate of drug-likeness (QED) is 0.383. The lowest BCUT2D eigenvalue weighted by molar-refractivity contribution is 0.277. The van der Waals surface area contributed by atoms with Crippen molar-refractivity contribution in [3.8, 4) is 0 Å². The van der Waals surface area contributed by atoms with Crippen LogP contribution in [-0.2, 0) is 4.74 Å². The first-order chi connectivity index (χ1) is 5.33. The number of unbranched alkanes of at least 4 members (excludes halogenated alkanes) is 1. The molecule has 4 nitrogen and oxygen atoms in total.